The minimum Gasteiger partial charge on any atom is -0.379 e. The molecule has 0 aliphatic carbocycles. The van der Waals surface area contributed by atoms with Crippen LogP contribution in [0.1, 0.15) is 39.2 Å². The summed E-state index contributed by atoms with van der Waals surface area (Å²) < 4.78 is 5.96. The van der Waals surface area contributed by atoms with Crippen LogP contribution in [0, 0.1) is 0 Å². The molecule has 2 aliphatic rings. The van der Waals surface area contributed by atoms with Gasteiger partial charge in [0.15, 0.2) is 0 Å². The van der Waals surface area contributed by atoms with Gasteiger partial charge in [-0.2, -0.15) is 0 Å². The van der Waals surface area contributed by atoms with Crippen LogP contribution in [0.25, 0.3) is 0 Å². The second-order valence-electron chi connectivity index (χ2n) is 8.65. The first kappa shape index (κ1) is 21.5. The molecule has 6 nitrogen and oxygen atoms in total. The SMILES string of the molecule is CC(C)c1ccnc(N2C[C@@H](C)N(CCOCCN3CCNCC3)[C@@H](C)C2)c1. The highest BCUT2D eigenvalue weighted by Gasteiger charge is 2.29. The summed E-state index contributed by atoms with van der Waals surface area (Å²) in [7, 11) is 0. The molecule has 158 valence electrons. The molecule has 3 rings (SSSR count). The van der Waals surface area contributed by atoms with Crippen molar-refractivity contribution in [2.75, 3.05) is 70.5 Å². The zero-order valence-corrected chi connectivity index (χ0v) is 18.2. The molecule has 0 radical (unpaired) electrons. The zero-order chi connectivity index (χ0) is 19.9. The molecule has 0 saturated carbocycles. The quantitative estimate of drug-likeness (QED) is 0.687. The molecule has 1 N–H and O–H groups in total. The predicted octanol–water partition coefficient (Wildman–Crippen LogP) is 2.03. The van der Waals surface area contributed by atoms with Crippen LogP contribution in [0.2, 0.25) is 0 Å². The molecule has 2 atom stereocenters. The highest BCUT2D eigenvalue weighted by Crippen LogP contribution is 2.23. The molecule has 0 unspecified atom stereocenters. The number of aromatic nitrogens is 1. The molecule has 2 saturated heterocycles. The van der Waals surface area contributed by atoms with Crippen molar-refractivity contribution >= 4 is 5.82 Å². The van der Waals surface area contributed by atoms with Crippen molar-refractivity contribution in [2.24, 2.45) is 0 Å². The molecule has 2 fully saturated rings. The summed E-state index contributed by atoms with van der Waals surface area (Å²) >= 11 is 0. The summed E-state index contributed by atoms with van der Waals surface area (Å²) in [5.74, 6) is 1.66. The second kappa shape index (κ2) is 10.5. The van der Waals surface area contributed by atoms with Gasteiger partial charge in [0.2, 0.25) is 0 Å². The summed E-state index contributed by atoms with van der Waals surface area (Å²) in [6, 6.07) is 5.41. The van der Waals surface area contributed by atoms with E-state index in [-0.39, 0.29) is 0 Å². The van der Waals surface area contributed by atoms with Crippen LogP contribution >= 0.6 is 0 Å². The molecule has 2 aliphatic heterocycles. The van der Waals surface area contributed by atoms with Crippen LogP contribution in [-0.2, 0) is 4.74 Å². The van der Waals surface area contributed by atoms with Crippen LogP contribution in [0.3, 0.4) is 0 Å². The standard InChI is InChI=1S/C22H39N5O/c1-18(2)21-5-6-24-22(15-21)26-16-19(3)27(20(4)17-26)12-14-28-13-11-25-9-7-23-8-10-25/h5-6,15,18-20,23H,7-14,16-17H2,1-4H3/t19-,20+. The maximum absolute atomic E-state index is 5.96. The first-order chi connectivity index (χ1) is 13.5. The number of piperazine rings is 2. The van der Waals surface area contributed by atoms with E-state index in [4.69, 9.17) is 4.74 Å². The van der Waals surface area contributed by atoms with Gasteiger partial charge in [-0.1, -0.05) is 13.8 Å². The highest BCUT2D eigenvalue weighted by atomic mass is 16.5. The van der Waals surface area contributed by atoms with Crippen molar-refractivity contribution in [2.45, 2.75) is 45.7 Å². The normalized spacial score (nSPS) is 24.8. The molecule has 1 aromatic rings. The van der Waals surface area contributed by atoms with E-state index in [1.54, 1.807) is 0 Å². The van der Waals surface area contributed by atoms with Crippen molar-refractivity contribution in [3.8, 4) is 0 Å². The maximum atomic E-state index is 5.96. The van der Waals surface area contributed by atoms with E-state index in [0.29, 0.717) is 18.0 Å². The predicted molar refractivity (Wildman–Crippen MR) is 116 cm³/mol. The molecular formula is C22H39N5O. The summed E-state index contributed by atoms with van der Waals surface area (Å²) in [5.41, 5.74) is 1.37. The fourth-order valence-electron chi connectivity index (χ4n) is 4.35. The van der Waals surface area contributed by atoms with Crippen LogP contribution in [-0.4, -0.2) is 92.4 Å². The summed E-state index contributed by atoms with van der Waals surface area (Å²) in [5, 5.41) is 3.40. The third-order valence-corrected chi connectivity index (χ3v) is 6.12. The van der Waals surface area contributed by atoms with Crippen LogP contribution in [0.4, 0.5) is 5.82 Å². The fourth-order valence-corrected chi connectivity index (χ4v) is 4.35. The van der Waals surface area contributed by atoms with Crippen molar-refractivity contribution in [3.63, 3.8) is 0 Å². The van der Waals surface area contributed by atoms with Gasteiger partial charge in [-0.3, -0.25) is 9.80 Å². The number of anilines is 1. The number of hydrogen-bond acceptors (Lipinski definition) is 6. The molecule has 0 amide bonds. The van der Waals surface area contributed by atoms with Crippen molar-refractivity contribution in [1.82, 2.24) is 20.1 Å². The molecular weight excluding hydrogens is 350 g/mol. The third-order valence-electron chi connectivity index (χ3n) is 6.12. The Labute approximate surface area is 171 Å². The topological polar surface area (TPSA) is 43.9 Å². The van der Waals surface area contributed by atoms with Gasteiger partial charge in [-0.25, -0.2) is 4.98 Å². The number of ether oxygens (including phenoxy) is 1. The van der Waals surface area contributed by atoms with Crippen LogP contribution in [0.15, 0.2) is 18.3 Å². The first-order valence-corrected chi connectivity index (χ1v) is 11.0. The van der Waals surface area contributed by atoms with Crippen LogP contribution in [0.5, 0.6) is 0 Å². The minimum atomic E-state index is 0.505. The number of nitrogens with one attached hydrogen (secondary N) is 1. The van der Waals surface area contributed by atoms with Gasteiger partial charge in [0.25, 0.3) is 0 Å². The van der Waals surface area contributed by atoms with E-state index in [1.165, 1.54) is 5.56 Å². The zero-order valence-electron chi connectivity index (χ0n) is 18.2. The van der Waals surface area contributed by atoms with Gasteiger partial charge in [-0.05, 0) is 37.5 Å². The Morgan fingerprint density at radius 1 is 1.11 bits per heavy atom. The van der Waals surface area contributed by atoms with Gasteiger partial charge in [0.1, 0.15) is 5.82 Å². The average molecular weight is 390 g/mol. The third kappa shape index (κ3) is 5.89. The van der Waals surface area contributed by atoms with Gasteiger partial charge < -0.3 is 15.0 Å². The second-order valence-corrected chi connectivity index (χ2v) is 8.65. The fraction of sp³-hybridized carbons (Fsp3) is 0.773. The summed E-state index contributed by atoms with van der Waals surface area (Å²) in [4.78, 5) is 12.2. The van der Waals surface area contributed by atoms with Crippen LogP contribution < -0.4 is 10.2 Å². The Kier molecular flexibility index (Phi) is 8.09. The van der Waals surface area contributed by atoms with Gasteiger partial charge in [0, 0.05) is 70.6 Å². The molecule has 3 heterocycles. The Hall–Kier alpha value is -1.21. The first-order valence-electron chi connectivity index (χ1n) is 11.0. The van der Waals surface area contributed by atoms with Crippen molar-refractivity contribution in [1.29, 1.82) is 0 Å². The summed E-state index contributed by atoms with van der Waals surface area (Å²) in [6.45, 7) is 19.4. The molecule has 1 aromatic heterocycles. The van der Waals surface area contributed by atoms with E-state index in [0.717, 1.165) is 71.4 Å². The summed E-state index contributed by atoms with van der Waals surface area (Å²) in [6.07, 6.45) is 1.96. The maximum Gasteiger partial charge on any atom is 0.128 e. The van der Waals surface area contributed by atoms with E-state index in [9.17, 15) is 0 Å². The Morgan fingerprint density at radius 2 is 1.79 bits per heavy atom. The molecule has 0 bridgehead atoms. The molecule has 6 heteroatoms. The molecule has 0 spiro atoms. The minimum absolute atomic E-state index is 0.505. The number of pyridine rings is 1. The van der Waals surface area contributed by atoms with E-state index >= 15 is 0 Å². The lowest BCUT2D eigenvalue weighted by molar-refractivity contribution is 0.0514. The van der Waals surface area contributed by atoms with E-state index < -0.39 is 0 Å². The van der Waals surface area contributed by atoms with Crippen molar-refractivity contribution < 1.29 is 4.74 Å². The van der Waals surface area contributed by atoms with Gasteiger partial charge >= 0.3 is 0 Å². The lowest BCUT2D eigenvalue weighted by Crippen LogP contribution is -2.57. The Morgan fingerprint density at radius 3 is 2.46 bits per heavy atom. The lowest BCUT2D eigenvalue weighted by atomic mass is 10.0. The Bertz CT molecular complexity index is 578. The smallest absolute Gasteiger partial charge is 0.128 e. The van der Waals surface area contributed by atoms with E-state index in [1.807, 2.05) is 6.20 Å². The Balaban J connectivity index is 1.42. The largest absolute Gasteiger partial charge is 0.379 e. The number of hydrogen-bond donors (Lipinski definition) is 1. The van der Waals surface area contributed by atoms with Gasteiger partial charge in [-0.15, -0.1) is 0 Å². The number of rotatable bonds is 8. The monoisotopic (exact) mass is 389 g/mol. The lowest BCUT2D eigenvalue weighted by Gasteiger charge is -2.45. The highest BCUT2D eigenvalue weighted by molar-refractivity contribution is 5.43. The van der Waals surface area contributed by atoms with E-state index in [2.05, 4.69) is 64.8 Å². The van der Waals surface area contributed by atoms with Crippen molar-refractivity contribution in [3.05, 3.63) is 23.9 Å². The average Bonchev–Trinajstić information content (AvgIpc) is 2.70. The molecule has 28 heavy (non-hydrogen) atoms. The number of nitrogens with zero attached hydrogens (tertiary/aromatic N) is 4. The molecule has 0 aromatic carbocycles. The van der Waals surface area contributed by atoms with Gasteiger partial charge in [0.05, 0.1) is 13.2 Å².